The van der Waals surface area contributed by atoms with Gasteiger partial charge in [-0.05, 0) is 47.5 Å². The largest absolute Gasteiger partial charge is 0.480 e. The molecule has 47 heavy (non-hydrogen) atoms. The maximum absolute atomic E-state index is 13.5. The number of nitro groups is 1. The number of pyridine rings is 1. The lowest BCUT2D eigenvalue weighted by Gasteiger charge is -2.50. The second-order valence-corrected chi connectivity index (χ2v) is 11.7. The maximum Gasteiger partial charge on any atom is 0.271 e. The third-order valence-corrected chi connectivity index (χ3v) is 9.04. The molecule has 0 bridgehead atoms. The Balaban J connectivity index is 1.23. The van der Waals surface area contributed by atoms with Crippen LogP contribution in [0.2, 0.25) is 5.02 Å². The fraction of sp³-hybridized carbons (Fsp3) is 0.0833. The second kappa shape index (κ2) is 10.4. The van der Waals surface area contributed by atoms with Crippen molar-refractivity contribution in [2.45, 2.75) is 12.0 Å². The molecule has 226 valence electrons. The number of nitro benzene ring substituents is 1. The van der Waals surface area contributed by atoms with Gasteiger partial charge in [0.25, 0.3) is 5.69 Å². The molecule has 8 rings (SSSR count). The molecule has 4 aromatic carbocycles. The third kappa shape index (κ3) is 4.17. The number of fused-ring (bicyclic) bond motifs is 6. The van der Waals surface area contributed by atoms with Crippen LogP contribution in [0.1, 0.15) is 23.2 Å². The van der Waals surface area contributed by atoms with Gasteiger partial charge in [-0.25, -0.2) is 15.0 Å². The number of methoxy groups -OCH3 is 1. The Morgan fingerprint density at radius 1 is 0.915 bits per heavy atom. The average Bonchev–Trinajstić information content (AvgIpc) is 3.37. The first-order chi connectivity index (χ1) is 22.8. The molecule has 1 fully saturated rings. The molecular formula is C36H21ClN6O4. The van der Waals surface area contributed by atoms with Crippen LogP contribution >= 0.6 is 11.6 Å². The fourth-order valence-electron chi connectivity index (χ4n) is 6.64. The summed E-state index contributed by atoms with van der Waals surface area (Å²) in [5.41, 5.74) is 6.64. The van der Waals surface area contributed by atoms with E-state index in [1.165, 1.54) is 19.2 Å². The van der Waals surface area contributed by atoms with Crippen molar-refractivity contribution in [1.29, 1.82) is 5.26 Å². The molecule has 1 atom stereocenters. The molecule has 10 nitrogen and oxygen atoms in total. The first-order valence-electron chi connectivity index (χ1n) is 14.6. The maximum atomic E-state index is 13.5. The van der Waals surface area contributed by atoms with E-state index in [4.69, 9.17) is 26.3 Å². The molecule has 2 aromatic heterocycles. The number of anilines is 1. The van der Waals surface area contributed by atoms with Crippen LogP contribution in [0, 0.1) is 21.4 Å². The minimum absolute atomic E-state index is 0.0827. The molecule has 1 spiro atoms. The highest BCUT2D eigenvalue weighted by atomic mass is 35.5. The SMILES string of the molecule is COc1nc(-c2ccc(N3C(=O)CC34c3ccccc3-c3nc5ccc([N+](=O)[O-])cc5nc34)cc2)cc(-c2ccc(Cl)cc2)c1C#N. The van der Waals surface area contributed by atoms with Gasteiger partial charge in [-0.2, -0.15) is 5.26 Å². The molecule has 2 aliphatic rings. The van der Waals surface area contributed by atoms with Gasteiger partial charge in [0.15, 0.2) is 0 Å². The van der Waals surface area contributed by atoms with E-state index in [0.717, 1.165) is 22.3 Å². The van der Waals surface area contributed by atoms with Gasteiger partial charge in [0.1, 0.15) is 17.2 Å². The number of amides is 1. The number of ether oxygens (including phenoxy) is 1. The fourth-order valence-corrected chi connectivity index (χ4v) is 6.77. The molecular weight excluding hydrogens is 616 g/mol. The zero-order chi connectivity index (χ0) is 32.4. The van der Waals surface area contributed by atoms with Crippen molar-refractivity contribution in [3.05, 3.63) is 129 Å². The summed E-state index contributed by atoms with van der Waals surface area (Å²) in [6, 6.07) is 30.9. The van der Waals surface area contributed by atoms with Crippen LogP contribution in [0.5, 0.6) is 5.88 Å². The van der Waals surface area contributed by atoms with E-state index in [1.54, 1.807) is 23.1 Å². The minimum Gasteiger partial charge on any atom is -0.480 e. The molecule has 1 unspecified atom stereocenters. The Hall–Kier alpha value is -6.18. The highest BCUT2D eigenvalue weighted by Gasteiger charge is 2.60. The Labute approximate surface area is 272 Å². The summed E-state index contributed by atoms with van der Waals surface area (Å²) >= 11 is 6.11. The number of benzene rings is 4. The molecule has 1 amide bonds. The van der Waals surface area contributed by atoms with E-state index in [0.29, 0.717) is 50.0 Å². The van der Waals surface area contributed by atoms with Gasteiger partial charge in [0.2, 0.25) is 11.8 Å². The van der Waals surface area contributed by atoms with E-state index in [-0.39, 0.29) is 23.9 Å². The van der Waals surface area contributed by atoms with E-state index in [2.05, 4.69) is 11.1 Å². The van der Waals surface area contributed by atoms with Crippen molar-refractivity contribution in [2.75, 3.05) is 12.0 Å². The topological polar surface area (TPSA) is 135 Å². The standard InChI is InChI=1S/C36H21ClN6O4/c1-47-35-27(19-38)26(20-6-10-22(37)11-7-20)17-30(41-35)21-8-12-23(13-9-21)42-32(44)18-36(42)28-5-3-2-4-25(28)33-34(36)40-31-16-24(43(45)46)14-15-29(31)39-33/h2-17H,18H2,1H3. The first-order valence-corrected chi connectivity index (χ1v) is 15.0. The van der Waals surface area contributed by atoms with Crippen LogP contribution < -0.4 is 9.64 Å². The summed E-state index contributed by atoms with van der Waals surface area (Å²) in [6.07, 6.45) is 0.173. The lowest BCUT2D eigenvalue weighted by Crippen LogP contribution is -2.61. The van der Waals surface area contributed by atoms with Crippen molar-refractivity contribution in [1.82, 2.24) is 15.0 Å². The summed E-state index contributed by atoms with van der Waals surface area (Å²) in [6.45, 7) is 0. The van der Waals surface area contributed by atoms with Crippen molar-refractivity contribution in [3.8, 4) is 45.6 Å². The molecule has 6 aromatic rings. The number of rotatable bonds is 5. The van der Waals surface area contributed by atoms with Crippen molar-refractivity contribution in [3.63, 3.8) is 0 Å². The van der Waals surface area contributed by atoms with Gasteiger partial charge >= 0.3 is 0 Å². The Morgan fingerprint density at radius 3 is 2.36 bits per heavy atom. The molecule has 11 heteroatoms. The smallest absolute Gasteiger partial charge is 0.271 e. The van der Waals surface area contributed by atoms with Gasteiger partial charge in [-0.15, -0.1) is 0 Å². The lowest BCUT2D eigenvalue weighted by atomic mass is 9.77. The number of non-ortho nitro benzene ring substituents is 1. The quantitative estimate of drug-likeness (QED) is 0.108. The first kappa shape index (κ1) is 28.3. The third-order valence-electron chi connectivity index (χ3n) is 8.78. The number of nitrogens with zero attached hydrogens (tertiary/aromatic N) is 6. The van der Waals surface area contributed by atoms with E-state index in [9.17, 15) is 20.2 Å². The zero-order valence-electron chi connectivity index (χ0n) is 24.6. The molecule has 1 saturated heterocycles. The van der Waals surface area contributed by atoms with Crippen LogP contribution in [0.4, 0.5) is 11.4 Å². The van der Waals surface area contributed by atoms with Gasteiger partial charge in [0, 0.05) is 39.5 Å². The number of hydrogen-bond acceptors (Lipinski definition) is 8. The number of hydrogen-bond donors (Lipinski definition) is 0. The molecule has 0 saturated carbocycles. The van der Waals surface area contributed by atoms with Crippen molar-refractivity contribution >= 4 is 39.9 Å². The number of halogens is 1. The highest BCUT2D eigenvalue weighted by molar-refractivity contribution is 6.30. The molecule has 0 radical (unpaired) electrons. The minimum atomic E-state index is -0.923. The normalized spacial score (nSPS) is 16.0. The van der Waals surface area contributed by atoms with Gasteiger partial charge in [0.05, 0.1) is 46.6 Å². The Morgan fingerprint density at radius 2 is 1.66 bits per heavy atom. The van der Waals surface area contributed by atoms with Gasteiger partial charge in [-0.1, -0.05) is 60.1 Å². The van der Waals surface area contributed by atoms with Crippen molar-refractivity contribution < 1.29 is 14.5 Å². The Kier molecular flexibility index (Phi) is 6.29. The number of aromatic nitrogens is 3. The van der Waals surface area contributed by atoms with E-state index in [1.807, 2.05) is 66.7 Å². The monoisotopic (exact) mass is 636 g/mol. The van der Waals surface area contributed by atoms with E-state index < -0.39 is 10.5 Å². The van der Waals surface area contributed by atoms with Crippen LogP contribution in [-0.4, -0.2) is 32.9 Å². The van der Waals surface area contributed by atoms with E-state index >= 15 is 0 Å². The van der Waals surface area contributed by atoms with Crippen LogP contribution in [-0.2, 0) is 10.3 Å². The second-order valence-electron chi connectivity index (χ2n) is 11.3. The Bertz CT molecular complexity index is 2350. The predicted octanol–water partition coefficient (Wildman–Crippen LogP) is 7.46. The molecule has 0 N–H and O–H groups in total. The van der Waals surface area contributed by atoms with Crippen LogP contribution in [0.15, 0.2) is 97.1 Å². The summed E-state index contributed by atoms with van der Waals surface area (Å²) in [4.78, 5) is 40.7. The molecule has 3 heterocycles. The van der Waals surface area contributed by atoms with Crippen LogP contribution in [0.3, 0.4) is 0 Å². The predicted molar refractivity (Wildman–Crippen MR) is 176 cm³/mol. The molecule has 1 aliphatic heterocycles. The number of β-lactam (4-membered cyclic amide) rings is 1. The average molecular weight is 637 g/mol. The molecule has 1 aliphatic carbocycles. The number of carbonyl (C=O) groups excluding carboxylic acids is 1. The van der Waals surface area contributed by atoms with Crippen molar-refractivity contribution in [2.24, 2.45) is 0 Å². The van der Waals surface area contributed by atoms with Crippen LogP contribution in [0.25, 0.3) is 44.7 Å². The number of nitriles is 1. The summed E-state index contributed by atoms with van der Waals surface area (Å²) in [7, 11) is 1.47. The summed E-state index contributed by atoms with van der Waals surface area (Å²) in [5.74, 6) is 0.102. The lowest BCUT2D eigenvalue weighted by molar-refractivity contribution is -0.384. The zero-order valence-corrected chi connectivity index (χ0v) is 25.4. The van der Waals surface area contributed by atoms with Gasteiger partial charge in [-0.3, -0.25) is 19.8 Å². The summed E-state index contributed by atoms with van der Waals surface area (Å²) in [5, 5.41) is 22.0. The highest BCUT2D eigenvalue weighted by Crippen LogP contribution is 2.57. The number of carbonyl (C=O) groups is 1. The van der Waals surface area contributed by atoms with Gasteiger partial charge < -0.3 is 4.74 Å². The summed E-state index contributed by atoms with van der Waals surface area (Å²) < 4.78 is 5.50.